The van der Waals surface area contributed by atoms with E-state index in [-0.39, 0.29) is 11.9 Å². The Bertz CT molecular complexity index is 686. The second kappa shape index (κ2) is 8.24. The number of carbonyl (C=O) groups excluding carboxylic acids is 2. The van der Waals surface area contributed by atoms with Crippen LogP contribution in [0.2, 0.25) is 0 Å². The lowest BCUT2D eigenvalue weighted by molar-refractivity contribution is -0.147. The molecule has 126 valence electrons. The molecule has 0 spiro atoms. The Balaban J connectivity index is 2.01. The van der Waals surface area contributed by atoms with E-state index < -0.39 is 11.8 Å². The maximum Gasteiger partial charge on any atom is 0.312 e. The van der Waals surface area contributed by atoms with Crippen molar-refractivity contribution in [2.75, 3.05) is 6.54 Å². The Labute approximate surface area is 141 Å². The van der Waals surface area contributed by atoms with Gasteiger partial charge in [0, 0.05) is 13.1 Å². The van der Waals surface area contributed by atoms with Crippen molar-refractivity contribution in [2.45, 2.75) is 26.4 Å². The minimum absolute atomic E-state index is 0.300. The van der Waals surface area contributed by atoms with Crippen molar-refractivity contribution < 1.29 is 14.0 Å². The molecule has 5 heteroatoms. The van der Waals surface area contributed by atoms with Gasteiger partial charge in [-0.25, -0.2) is 4.39 Å². The standard InChI is InChI=1S/C19H21FN2O2/c1-3-22(14(2)16-9-11-17(20)12-10-16)19(24)18(23)21-13-15-7-5-4-6-8-15/h4-12,14H,3,13H2,1-2H3,(H,21,23). The summed E-state index contributed by atoms with van der Waals surface area (Å²) in [5.41, 5.74) is 1.70. The van der Waals surface area contributed by atoms with Crippen LogP contribution in [0, 0.1) is 5.82 Å². The van der Waals surface area contributed by atoms with E-state index >= 15 is 0 Å². The lowest BCUT2D eigenvalue weighted by Crippen LogP contribution is -2.43. The highest BCUT2D eigenvalue weighted by Gasteiger charge is 2.25. The zero-order valence-corrected chi connectivity index (χ0v) is 13.8. The number of hydrogen-bond acceptors (Lipinski definition) is 2. The number of hydrogen-bond donors (Lipinski definition) is 1. The lowest BCUT2D eigenvalue weighted by Gasteiger charge is -2.27. The molecule has 24 heavy (non-hydrogen) atoms. The second-order valence-electron chi connectivity index (χ2n) is 5.49. The van der Waals surface area contributed by atoms with Gasteiger partial charge in [-0.15, -0.1) is 0 Å². The van der Waals surface area contributed by atoms with Crippen molar-refractivity contribution in [3.8, 4) is 0 Å². The molecule has 0 saturated heterocycles. The van der Waals surface area contributed by atoms with Gasteiger partial charge in [0.2, 0.25) is 0 Å². The molecule has 0 aliphatic heterocycles. The Morgan fingerprint density at radius 1 is 1.08 bits per heavy atom. The van der Waals surface area contributed by atoms with Crippen LogP contribution >= 0.6 is 0 Å². The minimum atomic E-state index is -0.644. The van der Waals surface area contributed by atoms with Crippen LogP contribution < -0.4 is 5.32 Å². The van der Waals surface area contributed by atoms with E-state index in [1.165, 1.54) is 17.0 Å². The van der Waals surface area contributed by atoms with Crippen molar-refractivity contribution >= 4 is 11.8 Å². The predicted molar refractivity (Wildman–Crippen MR) is 90.5 cm³/mol. The largest absolute Gasteiger partial charge is 0.344 e. The summed E-state index contributed by atoms with van der Waals surface area (Å²) in [5, 5.41) is 2.64. The number of nitrogens with zero attached hydrogens (tertiary/aromatic N) is 1. The molecule has 0 aliphatic rings. The van der Waals surface area contributed by atoms with E-state index in [4.69, 9.17) is 0 Å². The van der Waals surface area contributed by atoms with E-state index in [2.05, 4.69) is 5.32 Å². The Morgan fingerprint density at radius 2 is 1.71 bits per heavy atom. The highest BCUT2D eigenvalue weighted by Crippen LogP contribution is 2.20. The predicted octanol–water partition coefficient (Wildman–Crippen LogP) is 3.05. The average molecular weight is 328 g/mol. The highest BCUT2D eigenvalue weighted by molar-refractivity contribution is 6.35. The molecule has 0 fully saturated rings. The number of carbonyl (C=O) groups is 2. The molecular formula is C19H21FN2O2. The zero-order chi connectivity index (χ0) is 17.5. The maximum atomic E-state index is 13.0. The van der Waals surface area contributed by atoms with E-state index in [1.54, 1.807) is 12.1 Å². The van der Waals surface area contributed by atoms with Crippen molar-refractivity contribution in [2.24, 2.45) is 0 Å². The number of halogens is 1. The highest BCUT2D eigenvalue weighted by atomic mass is 19.1. The molecule has 0 aliphatic carbocycles. The summed E-state index contributed by atoms with van der Waals surface area (Å²) in [6.07, 6.45) is 0. The molecule has 0 heterocycles. The van der Waals surface area contributed by atoms with Gasteiger partial charge in [-0.05, 0) is 37.1 Å². The van der Waals surface area contributed by atoms with Crippen LogP contribution in [-0.4, -0.2) is 23.3 Å². The number of benzene rings is 2. The molecule has 1 unspecified atom stereocenters. The van der Waals surface area contributed by atoms with Crippen molar-refractivity contribution in [1.82, 2.24) is 10.2 Å². The van der Waals surface area contributed by atoms with Crippen molar-refractivity contribution in [3.05, 3.63) is 71.5 Å². The normalized spacial score (nSPS) is 11.6. The SMILES string of the molecule is CCN(C(=O)C(=O)NCc1ccccc1)C(C)c1ccc(F)cc1. The quantitative estimate of drug-likeness (QED) is 0.858. The first-order valence-electron chi connectivity index (χ1n) is 7.91. The van der Waals surface area contributed by atoms with Gasteiger partial charge in [0.1, 0.15) is 5.82 Å². The molecule has 2 rings (SSSR count). The van der Waals surface area contributed by atoms with Crippen molar-refractivity contribution in [1.29, 1.82) is 0 Å². The molecule has 0 radical (unpaired) electrons. The van der Waals surface area contributed by atoms with Crippen LogP contribution in [-0.2, 0) is 16.1 Å². The Morgan fingerprint density at radius 3 is 2.29 bits per heavy atom. The molecule has 2 aromatic rings. The van der Waals surface area contributed by atoms with E-state index in [9.17, 15) is 14.0 Å². The molecule has 0 bridgehead atoms. The van der Waals surface area contributed by atoms with Gasteiger partial charge in [0.15, 0.2) is 0 Å². The second-order valence-corrected chi connectivity index (χ2v) is 5.49. The van der Waals surface area contributed by atoms with Gasteiger partial charge < -0.3 is 10.2 Å². The van der Waals surface area contributed by atoms with E-state index in [0.29, 0.717) is 13.1 Å². The average Bonchev–Trinajstić information content (AvgIpc) is 2.61. The number of amides is 2. The van der Waals surface area contributed by atoms with E-state index in [1.807, 2.05) is 44.2 Å². The molecule has 2 aromatic carbocycles. The fourth-order valence-electron chi connectivity index (χ4n) is 2.50. The van der Waals surface area contributed by atoms with Crippen LogP contribution in [0.15, 0.2) is 54.6 Å². The third-order valence-corrected chi connectivity index (χ3v) is 3.91. The first kappa shape index (κ1) is 17.7. The fourth-order valence-corrected chi connectivity index (χ4v) is 2.50. The van der Waals surface area contributed by atoms with Gasteiger partial charge in [-0.3, -0.25) is 9.59 Å². The molecular weight excluding hydrogens is 307 g/mol. The minimum Gasteiger partial charge on any atom is -0.344 e. The summed E-state index contributed by atoms with van der Waals surface area (Å²) in [4.78, 5) is 26.0. The summed E-state index contributed by atoms with van der Waals surface area (Å²) in [7, 11) is 0. The number of nitrogens with one attached hydrogen (secondary N) is 1. The Kier molecular flexibility index (Phi) is 6.07. The molecule has 0 saturated carbocycles. The smallest absolute Gasteiger partial charge is 0.312 e. The lowest BCUT2D eigenvalue weighted by atomic mass is 10.1. The number of likely N-dealkylation sites (N-methyl/N-ethyl adjacent to an activating group) is 1. The molecule has 1 atom stereocenters. The van der Waals surface area contributed by atoms with Crippen molar-refractivity contribution in [3.63, 3.8) is 0 Å². The molecule has 4 nitrogen and oxygen atoms in total. The van der Waals surface area contributed by atoms with Gasteiger partial charge in [-0.2, -0.15) is 0 Å². The summed E-state index contributed by atoms with van der Waals surface area (Å²) in [6.45, 7) is 4.31. The third kappa shape index (κ3) is 4.41. The van der Waals surface area contributed by atoms with Gasteiger partial charge in [0.25, 0.3) is 0 Å². The van der Waals surface area contributed by atoms with Crippen LogP contribution in [0.1, 0.15) is 31.0 Å². The zero-order valence-electron chi connectivity index (χ0n) is 13.8. The van der Waals surface area contributed by atoms with Crippen LogP contribution in [0.4, 0.5) is 4.39 Å². The van der Waals surface area contributed by atoms with Crippen LogP contribution in [0.5, 0.6) is 0 Å². The topological polar surface area (TPSA) is 49.4 Å². The first-order chi connectivity index (χ1) is 11.5. The monoisotopic (exact) mass is 328 g/mol. The summed E-state index contributed by atoms with van der Waals surface area (Å²) in [5.74, 6) is -1.57. The first-order valence-corrected chi connectivity index (χ1v) is 7.91. The summed E-state index contributed by atoms with van der Waals surface area (Å²) >= 11 is 0. The van der Waals surface area contributed by atoms with Crippen LogP contribution in [0.3, 0.4) is 0 Å². The Hall–Kier alpha value is -2.69. The van der Waals surface area contributed by atoms with Gasteiger partial charge in [0.05, 0.1) is 6.04 Å². The summed E-state index contributed by atoms with van der Waals surface area (Å²) in [6, 6.07) is 15.0. The number of rotatable bonds is 5. The summed E-state index contributed by atoms with van der Waals surface area (Å²) < 4.78 is 13.0. The van der Waals surface area contributed by atoms with E-state index in [0.717, 1.165) is 11.1 Å². The van der Waals surface area contributed by atoms with Gasteiger partial charge >= 0.3 is 11.8 Å². The molecule has 1 N–H and O–H groups in total. The molecule has 0 aromatic heterocycles. The van der Waals surface area contributed by atoms with Crippen LogP contribution in [0.25, 0.3) is 0 Å². The maximum absolute atomic E-state index is 13.0. The van der Waals surface area contributed by atoms with Gasteiger partial charge in [-0.1, -0.05) is 42.5 Å². The third-order valence-electron chi connectivity index (χ3n) is 3.91. The molecule has 2 amide bonds. The fraction of sp³-hybridized carbons (Fsp3) is 0.263.